The molecule has 158 valence electrons. The normalized spacial score (nSPS) is 16.0. The average molecular weight is 411 g/mol. The molecule has 2 amide bonds. The first kappa shape index (κ1) is 21.2. The van der Waals surface area contributed by atoms with E-state index in [4.69, 9.17) is 9.47 Å². The maximum atomic E-state index is 12.8. The predicted molar refractivity (Wildman–Crippen MR) is 110 cm³/mol. The van der Waals surface area contributed by atoms with Crippen molar-refractivity contribution in [1.29, 1.82) is 0 Å². The summed E-state index contributed by atoms with van der Waals surface area (Å²) in [7, 11) is 0. The molecule has 1 aliphatic rings. The van der Waals surface area contributed by atoms with Gasteiger partial charge in [0.25, 0.3) is 0 Å². The lowest BCUT2D eigenvalue weighted by molar-refractivity contribution is -0.139. The second-order valence-corrected chi connectivity index (χ2v) is 6.96. The molecule has 1 aliphatic heterocycles. The monoisotopic (exact) mass is 411 g/mol. The molecule has 0 spiro atoms. The standard InChI is InChI=1S/C22H25N3O5/c1-5-29-21(27)19-14(3)23-22(28)24-18(19)12-30-20(26)17-11-13(2)25(15(17)4)16-9-7-6-8-10-16/h6-11,14H,5,12H2,1-4H3,(H2,23,24,28)/t14-/m1/s1. The van der Waals surface area contributed by atoms with Gasteiger partial charge in [0.1, 0.15) is 6.61 Å². The zero-order valence-corrected chi connectivity index (χ0v) is 17.4. The van der Waals surface area contributed by atoms with Crippen molar-refractivity contribution in [2.24, 2.45) is 0 Å². The molecule has 1 aromatic heterocycles. The molecule has 0 aliphatic carbocycles. The minimum absolute atomic E-state index is 0.196. The summed E-state index contributed by atoms with van der Waals surface area (Å²) in [6.45, 7) is 7.06. The first-order chi connectivity index (χ1) is 14.3. The average Bonchev–Trinajstić information content (AvgIpc) is 3.00. The zero-order chi connectivity index (χ0) is 21.8. The van der Waals surface area contributed by atoms with Crippen molar-refractivity contribution in [3.8, 4) is 5.69 Å². The number of rotatable bonds is 6. The van der Waals surface area contributed by atoms with Gasteiger partial charge in [-0.1, -0.05) is 18.2 Å². The van der Waals surface area contributed by atoms with E-state index in [1.807, 2.05) is 48.7 Å². The van der Waals surface area contributed by atoms with E-state index in [1.54, 1.807) is 19.9 Å². The second-order valence-electron chi connectivity index (χ2n) is 6.96. The van der Waals surface area contributed by atoms with Crippen LogP contribution in [-0.4, -0.2) is 41.8 Å². The first-order valence-corrected chi connectivity index (χ1v) is 9.72. The Hall–Kier alpha value is -3.55. The van der Waals surface area contributed by atoms with Crippen LogP contribution in [0, 0.1) is 13.8 Å². The number of esters is 2. The number of ether oxygens (including phenoxy) is 2. The number of urea groups is 1. The van der Waals surface area contributed by atoms with Gasteiger partial charge in [-0.15, -0.1) is 0 Å². The number of carbonyl (C=O) groups is 3. The van der Waals surface area contributed by atoms with Gasteiger partial charge in [-0.05, 0) is 45.9 Å². The van der Waals surface area contributed by atoms with Gasteiger partial charge in [-0.3, -0.25) is 0 Å². The van der Waals surface area contributed by atoms with E-state index < -0.39 is 24.0 Å². The summed E-state index contributed by atoms with van der Waals surface area (Å²) < 4.78 is 12.5. The van der Waals surface area contributed by atoms with Crippen LogP contribution in [0.5, 0.6) is 0 Å². The van der Waals surface area contributed by atoms with Crippen molar-refractivity contribution in [2.45, 2.75) is 33.7 Å². The van der Waals surface area contributed by atoms with E-state index in [0.717, 1.165) is 17.1 Å². The highest BCUT2D eigenvalue weighted by atomic mass is 16.5. The largest absolute Gasteiger partial charge is 0.463 e. The molecule has 2 aromatic rings. The minimum Gasteiger partial charge on any atom is -0.463 e. The summed E-state index contributed by atoms with van der Waals surface area (Å²) in [5, 5.41) is 5.15. The quantitative estimate of drug-likeness (QED) is 0.712. The van der Waals surface area contributed by atoms with Crippen LogP contribution < -0.4 is 10.6 Å². The van der Waals surface area contributed by atoms with E-state index in [0.29, 0.717) is 5.56 Å². The van der Waals surface area contributed by atoms with Crippen LogP contribution in [0.4, 0.5) is 4.79 Å². The summed E-state index contributed by atoms with van der Waals surface area (Å²) in [5.41, 5.74) is 3.45. The van der Waals surface area contributed by atoms with Gasteiger partial charge < -0.3 is 24.7 Å². The molecule has 0 unspecified atom stereocenters. The lowest BCUT2D eigenvalue weighted by Gasteiger charge is -2.26. The highest BCUT2D eigenvalue weighted by Crippen LogP contribution is 2.22. The number of para-hydroxylation sites is 1. The Kier molecular flexibility index (Phi) is 6.25. The van der Waals surface area contributed by atoms with Crippen LogP contribution in [0.2, 0.25) is 0 Å². The maximum Gasteiger partial charge on any atom is 0.340 e. The van der Waals surface area contributed by atoms with Crippen molar-refractivity contribution in [2.75, 3.05) is 13.2 Å². The number of aryl methyl sites for hydroxylation is 1. The Morgan fingerprint density at radius 1 is 1.10 bits per heavy atom. The van der Waals surface area contributed by atoms with E-state index in [9.17, 15) is 14.4 Å². The third kappa shape index (κ3) is 4.22. The van der Waals surface area contributed by atoms with Gasteiger partial charge in [0, 0.05) is 17.1 Å². The highest BCUT2D eigenvalue weighted by molar-refractivity contribution is 5.95. The Morgan fingerprint density at radius 3 is 2.47 bits per heavy atom. The van der Waals surface area contributed by atoms with Crippen LogP contribution in [0.15, 0.2) is 47.7 Å². The SMILES string of the molecule is CCOC(=O)C1=C(COC(=O)c2cc(C)n(-c3ccccc3)c2C)NC(=O)N[C@@H]1C. The second kappa shape index (κ2) is 8.86. The van der Waals surface area contributed by atoms with Crippen LogP contribution in [-0.2, 0) is 14.3 Å². The van der Waals surface area contributed by atoms with Gasteiger partial charge >= 0.3 is 18.0 Å². The van der Waals surface area contributed by atoms with Gasteiger partial charge in [0.2, 0.25) is 0 Å². The van der Waals surface area contributed by atoms with Crippen molar-refractivity contribution in [1.82, 2.24) is 15.2 Å². The summed E-state index contributed by atoms with van der Waals surface area (Å²) in [6.07, 6.45) is 0. The highest BCUT2D eigenvalue weighted by Gasteiger charge is 2.30. The van der Waals surface area contributed by atoms with Crippen molar-refractivity contribution in [3.63, 3.8) is 0 Å². The van der Waals surface area contributed by atoms with E-state index in [2.05, 4.69) is 10.6 Å². The molecule has 1 atom stereocenters. The summed E-state index contributed by atoms with van der Waals surface area (Å²) in [6, 6.07) is 10.4. The fraction of sp³-hybridized carbons (Fsp3) is 0.318. The third-order valence-corrected chi connectivity index (χ3v) is 4.88. The number of nitrogens with zero attached hydrogens (tertiary/aromatic N) is 1. The molecule has 0 radical (unpaired) electrons. The summed E-state index contributed by atoms with van der Waals surface area (Å²) in [4.78, 5) is 36.9. The van der Waals surface area contributed by atoms with Crippen LogP contribution in [0.1, 0.15) is 35.6 Å². The molecule has 3 rings (SSSR count). The van der Waals surface area contributed by atoms with Gasteiger partial charge in [-0.2, -0.15) is 0 Å². The molecule has 1 aromatic carbocycles. The zero-order valence-electron chi connectivity index (χ0n) is 17.4. The Morgan fingerprint density at radius 2 is 1.80 bits per heavy atom. The van der Waals surface area contributed by atoms with Gasteiger partial charge in [0.05, 0.1) is 29.5 Å². The molecule has 0 bridgehead atoms. The first-order valence-electron chi connectivity index (χ1n) is 9.72. The van der Waals surface area contributed by atoms with Crippen molar-refractivity contribution in [3.05, 3.63) is 64.6 Å². The Balaban J connectivity index is 1.83. The Labute approximate surface area is 174 Å². The van der Waals surface area contributed by atoms with E-state index >= 15 is 0 Å². The third-order valence-electron chi connectivity index (χ3n) is 4.88. The molecule has 0 saturated heterocycles. The lowest BCUT2D eigenvalue weighted by Crippen LogP contribution is -2.50. The number of aromatic nitrogens is 1. The molecule has 30 heavy (non-hydrogen) atoms. The molecule has 0 saturated carbocycles. The van der Waals surface area contributed by atoms with E-state index in [1.165, 1.54) is 0 Å². The van der Waals surface area contributed by atoms with Crippen LogP contribution >= 0.6 is 0 Å². The molecule has 8 nitrogen and oxygen atoms in total. The number of hydrogen-bond donors (Lipinski definition) is 2. The topological polar surface area (TPSA) is 98.7 Å². The molecule has 8 heteroatoms. The molecular formula is C22H25N3O5. The maximum absolute atomic E-state index is 12.8. The van der Waals surface area contributed by atoms with Crippen LogP contribution in [0.3, 0.4) is 0 Å². The van der Waals surface area contributed by atoms with Gasteiger partial charge in [-0.25, -0.2) is 14.4 Å². The number of benzene rings is 1. The number of hydrogen-bond acceptors (Lipinski definition) is 5. The van der Waals surface area contributed by atoms with Gasteiger partial charge in [0.15, 0.2) is 0 Å². The van der Waals surface area contributed by atoms with Crippen molar-refractivity contribution < 1.29 is 23.9 Å². The van der Waals surface area contributed by atoms with Crippen molar-refractivity contribution >= 4 is 18.0 Å². The summed E-state index contributed by atoms with van der Waals surface area (Å²) in [5.74, 6) is -1.10. The molecular weight excluding hydrogens is 386 g/mol. The number of carbonyl (C=O) groups excluding carboxylic acids is 3. The van der Waals surface area contributed by atoms with E-state index in [-0.39, 0.29) is 24.5 Å². The molecule has 2 heterocycles. The fourth-order valence-electron chi connectivity index (χ4n) is 3.55. The lowest BCUT2D eigenvalue weighted by atomic mass is 10.0. The number of nitrogens with one attached hydrogen (secondary N) is 2. The molecule has 0 fully saturated rings. The van der Waals surface area contributed by atoms with Crippen LogP contribution in [0.25, 0.3) is 5.69 Å². The number of amides is 2. The fourth-order valence-corrected chi connectivity index (χ4v) is 3.55. The Bertz CT molecular complexity index is 1010. The molecule has 2 N–H and O–H groups in total. The smallest absolute Gasteiger partial charge is 0.340 e. The summed E-state index contributed by atoms with van der Waals surface area (Å²) >= 11 is 0. The minimum atomic E-state index is -0.564. The predicted octanol–water partition coefficient (Wildman–Crippen LogP) is 2.77.